The predicted octanol–water partition coefficient (Wildman–Crippen LogP) is 4.27. The largest absolute Gasteiger partial charge is 0.372 e. The Bertz CT molecular complexity index is 682. The first-order valence-electron chi connectivity index (χ1n) is 10.4. The molecular formula is C22H32N2O3. The molecule has 2 N–H and O–H groups in total. The molecule has 3 rings (SSSR count). The van der Waals surface area contributed by atoms with Crippen molar-refractivity contribution < 1.29 is 14.8 Å². The molecule has 148 valence electrons. The van der Waals surface area contributed by atoms with Crippen molar-refractivity contribution in [1.82, 2.24) is 5.48 Å². The minimum absolute atomic E-state index is 0.280. The van der Waals surface area contributed by atoms with Crippen molar-refractivity contribution in [1.29, 1.82) is 0 Å². The molecule has 0 saturated carbocycles. The van der Waals surface area contributed by atoms with E-state index in [1.807, 2.05) is 6.07 Å². The molecule has 1 atom stereocenters. The molecule has 1 unspecified atom stereocenters. The van der Waals surface area contributed by atoms with Crippen LogP contribution in [0.25, 0.3) is 0 Å². The number of aryl methyl sites for hydroxylation is 1. The smallest absolute Gasteiger partial charge is 0.243 e. The second-order valence-corrected chi connectivity index (χ2v) is 8.37. The maximum absolute atomic E-state index is 13.1. The van der Waals surface area contributed by atoms with Crippen LogP contribution in [0.5, 0.6) is 0 Å². The van der Waals surface area contributed by atoms with E-state index in [0.29, 0.717) is 6.42 Å². The van der Waals surface area contributed by atoms with Crippen LogP contribution in [-0.2, 0) is 11.2 Å². The van der Waals surface area contributed by atoms with E-state index in [-0.39, 0.29) is 17.1 Å². The highest BCUT2D eigenvalue weighted by Gasteiger charge is 2.37. The Labute approximate surface area is 162 Å². The third-order valence-electron chi connectivity index (χ3n) is 6.31. The lowest BCUT2D eigenvalue weighted by Crippen LogP contribution is -2.34. The first kappa shape index (κ1) is 19.9. The SMILES string of the molecule is CC1(CCCCCC(=O)NO)CCc2cc(N3CCCCC3)ccc2C1=O. The number of nitrogens with zero attached hydrogens (tertiary/aromatic N) is 1. The molecule has 1 heterocycles. The molecule has 1 amide bonds. The van der Waals surface area contributed by atoms with E-state index < -0.39 is 0 Å². The van der Waals surface area contributed by atoms with E-state index in [4.69, 9.17) is 5.21 Å². The van der Waals surface area contributed by atoms with Gasteiger partial charge >= 0.3 is 0 Å². The number of hydrogen-bond acceptors (Lipinski definition) is 4. The maximum atomic E-state index is 13.1. The number of hydroxylamine groups is 1. The number of rotatable bonds is 7. The van der Waals surface area contributed by atoms with Crippen molar-refractivity contribution in [3.8, 4) is 0 Å². The topological polar surface area (TPSA) is 69.6 Å². The van der Waals surface area contributed by atoms with E-state index in [1.165, 1.54) is 30.5 Å². The number of benzene rings is 1. The molecule has 27 heavy (non-hydrogen) atoms. The van der Waals surface area contributed by atoms with Crippen LogP contribution >= 0.6 is 0 Å². The van der Waals surface area contributed by atoms with Crippen molar-refractivity contribution in [3.05, 3.63) is 29.3 Å². The summed E-state index contributed by atoms with van der Waals surface area (Å²) in [6.07, 6.45) is 9.48. The Kier molecular flexibility index (Phi) is 6.53. The Balaban J connectivity index is 1.59. The Morgan fingerprint density at radius 3 is 2.70 bits per heavy atom. The Hall–Kier alpha value is -1.88. The van der Waals surface area contributed by atoms with Crippen LogP contribution in [0, 0.1) is 5.41 Å². The van der Waals surface area contributed by atoms with Crippen LogP contribution in [0.15, 0.2) is 18.2 Å². The van der Waals surface area contributed by atoms with Crippen molar-refractivity contribution in [2.24, 2.45) is 5.41 Å². The molecule has 1 aromatic rings. The summed E-state index contributed by atoms with van der Waals surface area (Å²) in [5.74, 6) is -0.0598. The summed E-state index contributed by atoms with van der Waals surface area (Å²) in [7, 11) is 0. The van der Waals surface area contributed by atoms with Gasteiger partial charge in [0.2, 0.25) is 5.91 Å². The third kappa shape index (κ3) is 4.70. The van der Waals surface area contributed by atoms with Crippen LogP contribution in [0.1, 0.15) is 80.6 Å². The summed E-state index contributed by atoms with van der Waals surface area (Å²) in [5, 5.41) is 8.52. The van der Waals surface area contributed by atoms with Crippen LogP contribution in [0.4, 0.5) is 5.69 Å². The average Bonchev–Trinajstić information content (AvgIpc) is 2.71. The second-order valence-electron chi connectivity index (χ2n) is 8.37. The highest BCUT2D eigenvalue weighted by Crippen LogP contribution is 2.40. The van der Waals surface area contributed by atoms with Crippen molar-refractivity contribution in [3.63, 3.8) is 0 Å². The number of Topliss-reactive ketones (excluding diaryl/α,β-unsaturated/α-hetero) is 1. The van der Waals surface area contributed by atoms with Crippen molar-refractivity contribution in [2.45, 2.75) is 71.1 Å². The van der Waals surface area contributed by atoms with Gasteiger partial charge in [-0.1, -0.05) is 19.8 Å². The molecule has 0 radical (unpaired) electrons. The van der Waals surface area contributed by atoms with E-state index >= 15 is 0 Å². The van der Waals surface area contributed by atoms with E-state index in [2.05, 4.69) is 24.0 Å². The minimum atomic E-state index is -0.339. The number of carbonyl (C=O) groups excluding carboxylic acids is 2. The molecule has 0 spiro atoms. The highest BCUT2D eigenvalue weighted by atomic mass is 16.5. The van der Waals surface area contributed by atoms with E-state index in [0.717, 1.165) is 57.2 Å². The first-order valence-corrected chi connectivity index (χ1v) is 10.4. The molecular weight excluding hydrogens is 340 g/mol. The molecule has 5 heteroatoms. The van der Waals surface area contributed by atoms with Gasteiger partial charge in [0.25, 0.3) is 0 Å². The molecule has 1 aliphatic carbocycles. The summed E-state index contributed by atoms with van der Waals surface area (Å²) >= 11 is 0. The number of unbranched alkanes of at least 4 members (excludes halogenated alkanes) is 2. The number of carbonyl (C=O) groups is 2. The molecule has 1 saturated heterocycles. The van der Waals surface area contributed by atoms with Gasteiger partial charge in [0.1, 0.15) is 0 Å². The second kappa shape index (κ2) is 8.87. The highest BCUT2D eigenvalue weighted by molar-refractivity contribution is 6.02. The number of fused-ring (bicyclic) bond motifs is 1. The van der Waals surface area contributed by atoms with Crippen molar-refractivity contribution in [2.75, 3.05) is 18.0 Å². The van der Waals surface area contributed by atoms with Gasteiger partial charge in [0.05, 0.1) is 0 Å². The summed E-state index contributed by atoms with van der Waals surface area (Å²) in [6, 6.07) is 6.41. The third-order valence-corrected chi connectivity index (χ3v) is 6.31. The lowest BCUT2D eigenvalue weighted by molar-refractivity contribution is -0.129. The fourth-order valence-electron chi connectivity index (χ4n) is 4.48. The van der Waals surface area contributed by atoms with E-state index in [9.17, 15) is 9.59 Å². The number of hydrogen-bond donors (Lipinski definition) is 2. The number of ketones is 1. The molecule has 5 nitrogen and oxygen atoms in total. The maximum Gasteiger partial charge on any atom is 0.243 e. The quantitative estimate of drug-likeness (QED) is 0.426. The normalized spacial score (nSPS) is 22.4. The Morgan fingerprint density at radius 2 is 1.96 bits per heavy atom. The molecule has 1 aromatic carbocycles. The van der Waals surface area contributed by atoms with Gasteiger partial charge in [-0.25, -0.2) is 5.48 Å². The lowest BCUT2D eigenvalue weighted by Gasteiger charge is -2.35. The summed E-state index contributed by atoms with van der Waals surface area (Å²) in [4.78, 5) is 26.6. The number of nitrogens with one attached hydrogen (secondary N) is 1. The lowest BCUT2D eigenvalue weighted by atomic mass is 9.69. The zero-order valence-electron chi connectivity index (χ0n) is 16.4. The van der Waals surface area contributed by atoms with Crippen LogP contribution in [-0.4, -0.2) is 30.0 Å². The summed E-state index contributed by atoms with van der Waals surface area (Å²) in [6.45, 7) is 4.34. The average molecular weight is 373 g/mol. The van der Waals surface area contributed by atoms with Gasteiger partial charge < -0.3 is 4.90 Å². The van der Waals surface area contributed by atoms with Gasteiger partial charge in [-0.05, 0) is 68.7 Å². The van der Waals surface area contributed by atoms with Gasteiger partial charge in [0, 0.05) is 36.2 Å². The van der Waals surface area contributed by atoms with Gasteiger partial charge in [-0.15, -0.1) is 0 Å². The number of amides is 1. The predicted molar refractivity (Wildman–Crippen MR) is 106 cm³/mol. The van der Waals surface area contributed by atoms with Crippen LogP contribution in [0.2, 0.25) is 0 Å². The fraction of sp³-hybridized carbons (Fsp3) is 0.636. The summed E-state index contributed by atoms with van der Waals surface area (Å²) in [5.41, 5.74) is 4.76. The molecule has 0 aromatic heterocycles. The Morgan fingerprint density at radius 1 is 1.19 bits per heavy atom. The number of anilines is 1. The zero-order chi connectivity index (χ0) is 19.3. The van der Waals surface area contributed by atoms with Gasteiger partial charge in [-0.2, -0.15) is 0 Å². The van der Waals surface area contributed by atoms with E-state index in [1.54, 1.807) is 5.48 Å². The van der Waals surface area contributed by atoms with Crippen molar-refractivity contribution >= 4 is 17.4 Å². The fourth-order valence-corrected chi connectivity index (χ4v) is 4.48. The monoisotopic (exact) mass is 372 g/mol. The van der Waals surface area contributed by atoms with Gasteiger partial charge in [-0.3, -0.25) is 14.8 Å². The molecule has 1 aliphatic heterocycles. The van der Waals surface area contributed by atoms with Crippen LogP contribution in [0.3, 0.4) is 0 Å². The minimum Gasteiger partial charge on any atom is -0.372 e. The molecule has 1 fully saturated rings. The standard InChI is InChI=1S/C22H32N2O3/c1-22(12-5-2-4-8-20(25)23-27)13-11-17-16-18(9-10-19(17)21(22)26)24-14-6-3-7-15-24/h9-10,16,27H,2-8,11-15H2,1H3,(H,23,25). The zero-order valence-corrected chi connectivity index (χ0v) is 16.4. The first-order chi connectivity index (χ1) is 13.0. The molecule has 2 aliphatic rings. The summed E-state index contributed by atoms with van der Waals surface area (Å²) < 4.78 is 0. The molecule has 0 bridgehead atoms. The van der Waals surface area contributed by atoms with Gasteiger partial charge in [0.15, 0.2) is 5.78 Å². The van der Waals surface area contributed by atoms with Crippen LogP contribution < -0.4 is 10.4 Å². The number of piperidine rings is 1.